The van der Waals surface area contributed by atoms with E-state index in [1.165, 1.54) is 6.07 Å². The van der Waals surface area contributed by atoms with Crippen molar-refractivity contribution < 1.29 is 26.3 Å². The van der Waals surface area contributed by atoms with Gasteiger partial charge in [0.1, 0.15) is 4.90 Å². The third-order valence-corrected chi connectivity index (χ3v) is 7.35. The molecule has 1 fully saturated rings. The van der Waals surface area contributed by atoms with E-state index >= 15 is 0 Å². The first kappa shape index (κ1) is 23.7. The maximum absolute atomic E-state index is 12.8. The Kier molecular flexibility index (Phi) is 6.78. The van der Waals surface area contributed by atoms with Gasteiger partial charge in [-0.15, -0.1) is 13.2 Å². The van der Waals surface area contributed by atoms with Crippen molar-refractivity contribution in [3.8, 4) is 5.75 Å². The van der Waals surface area contributed by atoms with E-state index in [0.29, 0.717) is 31.6 Å². The van der Waals surface area contributed by atoms with Gasteiger partial charge in [-0.25, -0.2) is 23.1 Å². The monoisotopic (exact) mass is 544 g/mol. The van der Waals surface area contributed by atoms with Gasteiger partial charge < -0.3 is 10.1 Å². The molecule has 33 heavy (non-hydrogen) atoms. The summed E-state index contributed by atoms with van der Waals surface area (Å²) in [5.74, 6) is -0.283. The molecule has 4 rings (SSSR count). The molecule has 1 heterocycles. The van der Waals surface area contributed by atoms with E-state index in [1.807, 2.05) is 24.3 Å². The number of nitrogens with one attached hydrogen (secondary N) is 2. The van der Waals surface area contributed by atoms with Crippen LogP contribution >= 0.6 is 15.9 Å². The number of aromatic nitrogens is 2. The lowest BCUT2D eigenvalue weighted by atomic mass is 9.92. The van der Waals surface area contributed by atoms with Gasteiger partial charge in [0.15, 0.2) is 5.75 Å². The van der Waals surface area contributed by atoms with Crippen molar-refractivity contribution in [1.29, 1.82) is 0 Å². The van der Waals surface area contributed by atoms with Gasteiger partial charge in [0.05, 0.1) is 5.52 Å². The second-order valence-electron chi connectivity index (χ2n) is 7.71. The zero-order valence-corrected chi connectivity index (χ0v) is 19.5. The van der Waals surface area contributed by atoms with Crippen LogP contribution in [0.3, 0.4) is 0 Å². The molecule has 0 bridgehead atoms. The minimum absolute atomic E-state index is 0.0590. The predicted molar refractivity (Wildman–Crippen MR) is 120 cm³/mol. The van der Waals surface area contributed by atoms with Crippen LogP contribution in [0.1, 0.15) is 25.7 Å². The number of nitrogens with zero attached hydrogens (tertiary/aromatic N) is 2. The third-order valence-electron chi connectivity index (χ3n) is 5.29. The molecule has 0 amide bonds. The van der Waals surface area contributed by atoms with Crippen LogP contribution in [0.25, 0.3) is 10.9 Å². The second kappa shape index (κ2) is 9.43. The summed E-state index contributed by atoms with van der Waals surface area (Å²) in [6, 6.07) is 10.7. The number of hydrogen-bond donors (Lipinski definition) is 2. The molecule has 1 aromatic heterocycles. The van der Waals surface area contributed by atoms with Gasteiger partial charge in [-0.2, -0.15) is 0 Å². The number of para-hydroxylation sites is 1. The Labute approximate surface area is 196 Å². The van der Waals surface area contributed by atoms with E-state index in [2.05, 4.69) is 40.7 Å². The number of anilines is 1. The van der Waals surface area contributed by atoms with Gasteiger partial charge in [0.2, 0.25) is 16.0 Å². The van der Waals surface area contributed by atoms with Crippen LogP contribution < -0.4 is 14.8 Å². The van der Waals surface area contributed by atoms with Gasteiger partial charge >= 0.3 is 6.36 Å². The van der Waals surface area contributed by atoms with E-state index in [-0.39, 0.29) is 10.5 Å². The van der Waals surface area contributed by atoms with Crippen LogP contribution in [0.4, 0.5) is 19.1 Å². The number of fused-ring (bicyclic) bond motifs is 1. The number of benzene rings is 2. The average molecular weight is 545 g/mol. The molecule has 7 nitrogen and oxygen atoms in total. The topological polar surface area (TPSA) is 93.2 Å². The second-order valence-corrected chi connectivity index (χ2v) is 10.3. The summed E-state index contributed by atoms with van der Waals surface area (Å²) in [4.78, 5) is 8.25. The Bertz CT molecular complexity index is 1250. The highest BCUT2D eigenvalue weighted by Gasteiger charge is 2.35. The molecule has 0 unspecified atom stereocenters. The van der Waals surface area contributed by atoms with Crippen molar-refractivity contribution in [1.82, 2.24) is 14.7 Å². The van der Waals surface area contributed by atoms with Crippen LogP contribution in [-0.4, -0.2) is 36.8 Å². The fraction of sp³-hybridized carbons (Fsp3) is 0.333. The van der Waals surface area contributed by atoms with Gasteiger partial charge in [-0.05, 0) is 49.9 Å². The van der Waals surface area contributed by atoms with Crippen LogP contribution in [0, 0.1) is 0 Å². The molecule has 1 aliphatic carbocycles. The van der Waals surface area contributed by atoms with Gasteiger partial charge in [-0.3, -0.25) is 0 Å². The summed E-state index contributed by atoms with van der Waals surface area (Å²) in [5.41, 5.74) is 0.822. The van der Waals surface area contributed by atoms with Gasteiger partial charge in [-0.1, -0.05) is 34.1 Å². The fourth-order valence-electron chi connectivity index (χ4n) is 3.77. The van der Waals surface area contributed by atoms with Crippen molar-refractivity contribution >= 4 is 42.8 Å². The van der Waals surface area contributed by atoms with E-state index in [1.54, 1.807) is 6.20 Å². The Morgan fingerprint density at radius 2 is 1.73 bits per heavy atom. The van der Waals surface area contributed by atoms with E-state index in [4.69, 9.17) is 0 Å². The number of ether oxygens (including phenoxy) is 1. The van der Waals surface area contributed by atoms with Gasteiger partial charge in [0, 0.05) is 28.1 Å². The van der Waals surface area contributed by atoms with Crippen LogP contribution in [0.2, 0.25) is 0 Å². The Morgan fingerprint density at radius 1 is 1.03 bits per heavy atom. The maximum Gasteiger partial charge on any atom is 0.573 e. The Hall–Kier alpha value is -2.44. The van der Waals surface area contributed by atoms with Crippen LogP contribution in [-0.2, 0) is 10.0 Å². The molecule has 2 N–H and O–H groups in total. The van der Waals surface area contributed by atoms with E-state index in [0.717, 1.165) is 23.0 Å². The lowest BCUT2D eigenvalue weighted by Crippen LogP contribution is -2.40. The summed E-state index contributed by atoms with van der Waals surface area (Å²) in [6.07, 6.45) is -0.957. The number of rotatable bonds is 6. The fourth-order valence-corrected chi connectivity index (χ4v) is 5.53. The number of sulfonamides is 1. The molecular weight excluding hydrogens is 525 g/mol. The predicted octanol–water partition coefficient (Wildman–Crippen LogP) is 4.99. The Morgan fingerprint density at radius 3 is 2.45 bits per heavy atom. The van der Waals surface area contributed by atoms with E-state index in [9.17, 15) is 21.6 Å². The Balaban J connectivity index is 1.39. The zero-order valence-electron chi connectivity index (χ0n) is 17.1. The molecule has 176 valence electrons. The summed E-state index contributed by atoms with van der Waals surface area (Å²) in [5, 5.41) is 4.21. The smallest absolute Gasteiger partial charge is 0.404 e. The van der Waals surface area contributed by atoms with Crippen molar-refractivity contribution in [2.75, 3.05) is 5.32 Å². The summed E-state index contributed by atoms with van der Waals surface area (Å²) in [7, 11) is -4.22. The molecule has 12 heteroatoms. The molecule has 1 aliphatic rings. The van der Waals surface area contributed by atoms with E-state index < -0.39 is 33.1 Å². The lowest BCUT2D eigenvalue weighted by molar-refractivity contribution is -0.275. The molecule has 0 saturated heterocycles. The van der Waals surface area contributed by atoms with Crippen molar-refractivity contribution in [3.05, 3.63) is 53.1 Å². The van der Waals surface area contributed by atoms with Crippen molar-refractivity contribution in [3.63, 3.8) is 0 Å². The quantitative estimate of drug-likeness (QED) is 0.454. The molecule has 0 radical (unpaired) electrons. The molecule has 2 aromatic carbocycles. The average Bonchev–Trinajstić information content (AvgIpc) is 2.73. The maximum atomic E-state index is 12.8. The molecule has 0 aliphatic heterocycles. The highest BCUT2D eigenvalue weighted by Crippen LogP contribution is 2.33. The highest BCUT2D eigenvalue weighted by molar-refractivity contribution is 9.10. The van der Waals surface area contributed by atoms with Crippen LogP contribution in [0.15, 0.2) is 58.0 Å². The third kappa shape index (κ3) is 6.12. The lowest BCUT2D eigenvalue weighted by Gasteiger charge is -2.29. The standard InChI is InChI=1S/C21H20BrF3N4O3S/c22-14-5-10-19(18(11-14)32-21(23,24)25)33(30,31)29-16-8-6-15(7-9-16)27-20-26-12-13-3-1-2-4-17(13)28-20/h1-5,10-12,15-16,29H,6-9H2,(H,26,27,28). The minimum atomic E-state index is -5.01. The zero-order chi connectivity index (χ0) is 23.6. The first-order chi connectivity index (χ1) is 15.6. The minimum Gasteiger partial charge on any atom is -0.404 e. The number of halogens is 4. The SMILES string of the molecule is O=S(=O)(NC1CCC(Nc2ncc3ccccc3n2)CC1)c1ccc(Br)cc1OC(F)(F)F. The summed E-state index contributed by atoms with van der Waals surface area (Å²) < 4.78 is 70.5. The van der Waals surface area contributed by atoms with Crippen molar-refractivity contribution in [2.45, 2.75) is 49.0 Å². The highest BCUT2D eigenvalue weighted by atomic mass is 79.9. The van der Waals surface area contributed by atoms with Gasteiger partial charge in [0.25, 0.3) is 0 Å². The largest absolute Gasteiger partial charge is 0.573 e. The normalized spacial score (nSPS) is 19.4. The summed E-state index contributed by atoms with van der Waals surface area (Å²) >= 11 is 3.04. The molecule has 3 aromatic rings. The molecule has 0 spiro atoms. The summed E-state index contributed by atoms with van der Waals surface area (Å²) in [6.45, 7) is 0. The first-order valence-corrected chi connectivity index (χ1v) is 12.4. The first-order valence-electron chi connectivity index (χ1n) is 10.1. The molecule has 0 atom stereocenters. The number of hydrogen-bond acceptors (Lipinski definition) is 6. The molecular formula is C21H20BrF3N4O3S. The number of alkyl halides is 3. The van der Waals surface area contributed by atoms with Crippen LogP contribution in [0.5, 0.6) is 5.75 Å². The van der Waals surface area contributed by atoms with Crippen molar-refractivity contribution in [2.24, 2.45) is 0 Å². The molecule has 1 saturated carbocycles.